The second-order valence-corrected chi connectivity index (χ2v) is 8.55. The van der Waals surface area contributed by atoms with Gasteiger partial charge < -0.3 is 15.0 Å². The number of ether oxygens (including phenoxy) is 1. The zero-order valence-corrected chi connectivity index (χ0v) is 16.7. The fourth-order valence-electron chi connectivity index (χ4n) is 3.52. The van der Waals surface area contributed by atoms with Crippen LogP contribution in [0.2, 0.25) is 4.34 Å². The van der Waals surface area contributed by atoms with E-state index in [0.717, 1.165) is 54.5 Å². The summed E-state index contributed by atoms with van der Waals surface area (Å²) >= 11 is 13.5. The molecule has 2 aromatic rings. The summed E-state index contributed by atoms with van der Waals surface area (Å²) < 4.78 is 6.24. The van der Waals surface area contributed by atoms with E-state index in [2.05, 4.69) is 26.2 Å². The maximum absolute atomic E-state index is 6.22. The normalized spacial score (nSPS) is 24.0. The van der Waals surface area contributed by atoms with E-state index >= 15 is 0 Å². The Morgan fingerprint density at radius 2 is 2.08 bits per heavy atom. The highest BCUT2D eigenvalue weighted by atomic mass is 35.5. The van der Waals surface area contributed by atoms with Gasteiger partial charge in [-0.15, -0.1) is 11.3 Å². The number of rotatable bonds is 5. The largest absolute Gasteiger partial charge is 0.379 e. The number of hydrogen-bond acceptors (Lipinski definition) is 5. The van der Waals surface area contributed by atoms with E-state index < -0.39 is 0 Å². The summed E-state index contributed by atoms with van der Waals surface area (Å²) in [6.07, 6.45) is 1.83. The number of pyridine rings is 1. The van der Waals surface area contributed by atoms with Gasteiger partial charge in [-0.3, -0.25) is 9.88 Å². The first-order valence-electron chi connectivity index (χ1n) is 8.76. The predicted molar refractivity (Wildman–Crippen MR) is 109 cm³/mol. The Labute approximate surface area is 167 Å². The van der Waals surface area contributed by atoms with E-state index in [-0.39, 0.29) is 12.1 Å². The predicted octanol–water partition coefficient (Wildman–Crippen LogP) is 3.10. The Balaban J connectivity index is 1.57. The van der Waals surface area contributed by atoms with Crippen LogP contribution < -0.4 is 5.32 Å². The Morgan fingerprint density at radius 3 is 2.77 bits per heavy atom. The molecule has 2 aliphatic rings. The lowest BCUT2D eigenvalue weighted by Gasteiger charge is -2.31. The average molecular weight is 409 g/mol. The number of halogens is 1. The smallest absolute Gasteiger partial charge is 0.170 e. The van der Waals surface area contributed by atoms with Crippen LogP contribution in [0.25, 0.3) is 0 Å². The molecule has 0 unspecified atom stereocenters. The van der Waals surface area contributed by atoms with Crippen LogP contribution in [0.3, 0.4) is 0 Å². The fourth-order valence-corrected chi connectivity index (χ4v) is 5.06. The zero-order valence-electron chi connectivity index (χ0n) is 14.3. The molecule has 8 heteroatoms. The van der Waals surface area contributed by atoms with Gasteiger partial charge in [-0.25, -0.2) is 0 Å². The number of nitrogens with zero attached hydrogens (tertiary/aromatic N) is 3. The minimum absolute atomic E-state index is 0.0307. The number of nitrogens with one attached hydrogen (secondary N) is 1. The Hall–Kier alpha value is -1.25. The van der Waals surface area contributed by atoms with E-state index in [4.69, 9.17) is 28.6 Å². The van der Waals surface area contributed by atoms with Crippen molar-refractivity contribution in [3.8, 4) is 0 Å². The van der Waals surface area contributed by atoms with E-state index in [9.17, 15) is 0 Å². The number of thiophene rings is 1. The maximum Gasteiger partial charge on any atom is 0.170 e. The highest BCUT2D eigenvalue weighted by molar-refractivity contribution is 7.80. The van der Waals surface area contributed by atoms with Crippen LogP contribution >= 0.6 is 35.2 Å². The van der Waals surface area contributed by atoms with E-state index in [1.54, 1.807) is 11.3 Å². The van der Waals surface area contributed by atoms with Crippen LogP contribution in [0.4, 0.5) is 0 Å². The van der Waals surface area contributed by atoms with Crippen molar-refractivity contribution in [2.75, 3.05) is 39.4 Å². The third-order valence-corrected chi connectivity index (χ3v) is 6.50. The molecule has 0 saturated carbocycles. The van der Waals surface area contributed by atoms with Gasteiger partial charge in [0.15, 0.2) is 5.11 Å². The summed E-state index contributed by atoms with van der Waals surface area (Å²) in [4.78, 5) is 10.5. The third-order valence-electron chi connectivity index (χ3n) is 4.84. The van der Waals surface area contributed by atoms with Crippen molar-refractivity contribution in [2.24, 2.45) is 0 Å². The molecule has 2 fully saturated rings. The minimum atomic E-state index is 0.0307. The van der Waals surface area contributed by atoms with Crippen molar-refractivity contribution in [2.45, 2.75) is 12.1 Å². The summed E-state index contributed by atoms with van der Waals surface area (Å²) in [6.45, 7) is 5.41. The SMILES string of the molecule is S=C1N[C@H](c2ccccn2)[C@@H](c2ccc(Cl)s2)N1CCN1CCOCC1. The molecule has 4 heterocycles. The van der Waals surface area contributed by atoms with Crippen molar-refractivity contribution in [1.82, 2.24) is 20.1 Å². The Morgan fingerprint density at radius 1 is 1.23 bits per heavy atom. The van der Waals surface area contributed by atoms with Crippen molar-refractivity contribution in [3.63, 3.8) is 0 Å². The van der Waals surface area contributed by atoms with Gasteiger partial charge in [-0.05, 0) is 36.5 Å². The second kappa shape index (κ2) is 8.19. The highest BCUT2D eigenvalue weighted by Gasteiger charge is 2.40. The number of hydrogen-bond donors (Lipinski definition) is 1. The molecule has 2 aliphatic heterocycles. The summed E-state index contributed by atoms with van der Waals surface area (Å²) in [6, 6.07) is 10.2. The maximum atomic E-state index is 6.22. The van der Waals surface area contributed by atoms with Crippen LogP contribution in [-0.2, 0) is 4.74 Å². The van der Waals surface area contributed by atoms with E-state index in [1.807, 2.05) is 30.5 Å². The molecule has 0 radical (unpaired) electrons. The standard InChI is InChI=1S/C18H21ClN4OS2/c19-15-5-4-14(26-15)17-16(13-3-1-2-6-20-13)21-18(25)23(17)8-7-22-9-11-24-12-10-22/h1-6,16-17H,7-12H2,(H,21,25)/t16-,17-/m1/s1. The molecular formula is C18H21ClN4OS2. The van der Waals surface area contributed by atoms with E-state index in [0.29, 0.717) is 0 Å². The lowest BCUT2D eigenvalue weighted by Crippen LogP contribution is -2.42. The summed E-state index contributed by atoms with van der Waals surface area (Å²) in [5, 5.41) is 4.26. The molecule has 2 saturated heterocycles. The summed E-state index contributed by atoms with van der Waals surface area (Å²) in [5.41, 5.74) is 0.998. The van der Waals surface area contributed by atoms with Crippen molar-refractivity contribution < 1.29 is 4.74 Å². The van der Waals surface area contributed by atoms with Crippen LogP contribution in [0, 0.1) is 0 Å². The van der Waals surface area contributed by atoms with Gasteiger partial charge in [0.1, 0.15) is 0 Å². The molecule has 4 rings (SSSR count). The third kappa shape index (κ3) is 3.87. The van der Waals surface area contributed by atoms with Crippen molar-refractivity contribution in [3.05, 3.63) is 51.4 Å². The van der Waals surface area contributed by atoms with Gasteiger partial charge in [0, 0.05) is 37.3 Å². The number of morpholine rings is 1. The number of thiocarbonyl (C=S) groups is 1. The highest BCUT2D eigenvalue weighted by Crippen LogP contribution is 2.41. The average Bonchev–Trinajstić information content (AvgIpc) is 3.24. The van der Waals surface area contributed by atoms with Gasteiger partial charge in [-0.1, -0.05) is 17.7 Å². The summed E-state index contributed by atoms with van der Waals surface area (Å²) in [7, 11) is 0. The first kappa shape index (κ1) is 18.1. The van der Waals surface area contributed by atoms with Gasteiger partial charge >= 0.3 is 0 Å². The molecular weight excluding hydrogens is 388 g/mol. The first-order chi connectivity index (χ1) is 12.7. The van der Waals surface area contributed by atoms with Crippen LogP contribution in [0.15, 0.2) is 36.5 Å². The topological polar surface area (TPSA) is 40.6 Å². The fraction of sp³-hybridized carbons (Fsp3) is 0.444. The quantitative estimate of drug-likeness (QED) is 0.766. The molecule has 1 N–H and O–H groups in total. The molecule has 2 atom stereocenters. The Bertz CT molecular complexity index is 751. The second-order valence-electron chi connectivity index (χ2n) is 6.42. The summed E-state index contributed by atoms with van der Waals surface area (Å²) in [5.74, 6) is 0. The monoisotopic (exact) mass is 408 g/mol. The molecule has 2 aromatic heterocycles. The molecule has 5 nitrogen and oxygen atoms in total. The zero-order chi connectivity index (χ0) is 17.9. The van der Waals surface area contributed by atoms with Crippen LogP contribution in [0.5, 0.6) is 0 Å². The molecule has 0 aromatic carbocycles. The molecule has 26 heavy (non-hydrogen) atoms. The van der Waals surface area contributed by atoms with Crippen LogP contribution in [-0.4, -0.2) is 59.3 Å². The lowest BCUT2D eigenvalue weighted by atomic mass is 10.0. The van der Waals surface area contributed by atoms with E-state index in [1.165, 1.54) is 4.88 Å². The molecule has 0 spiro atoms. The molecule has 138 valence electrons. The van der Waals surface area contributed by atoms with Crippen molar-refractivity contribution >= 4 is 40.3 Å². The van der Waals surface area contributed by atoms with Gasteiger partial charge in [0.2, 0.25) is 0 Å². The van der Waals surface area contributed by atoms with Gasteiger partial charge in [-0.2, -0.15) is 0 Å². The first-order valence-corrected chi connectivity index (χ1v) is 10.4. The Kier molecular flexibility index (Phi) is 5.71. The van der Waals surface area contributed by atoms with Gasteiger partial charge in [0.25, 0.3) is 0 Å². The number of aromatic nitrogens is 1. The molecule has 0 aliphatic carbocycles. The van der Waals surface area contributed by atoms with Crippen molar-refractivity contribution in [1.29, 1.82) is 0 Å². The molecule has 0 amide bonds. The van der Waals surface area contributed by atoms with Gasteiger partial charge in [0.05, 0.1) is 35.3 Å². The lowest BCUT2D eigenvalue weighted by molar-refractivity contribution is 0.0351. The van der Waals surface area contributed by atoms with Crippen LogP contribution in [0.1, 0.15) is 22.7 Å². The molecule has 0 bridgehead atoms. The minimum Gasteiger partial charge on any atom is -0.379 e.